The lowest BCUT2D eigenvalue weighted by Gasteiger charge is -2.31. The Bertz CT molecular complexity index is 613. The highest BCUT2D eigenvalue weighted by atomic mass is 16.6. The second-order valence-electron chi connectivity index (χ2n) is 6.52. The van der Waals surface area contributed by atoms with Crippen molar-refractivity contribution in [1.29, 1.82) is 0 Å². The van der Waals surface area contributed by atoms with Gasteiger partial charge in [0.05, 0.1) is 6.04 Å². The van der Waals surface area contributed by atoms with Gasteiger partial charge in [-0.3, -0.25) is 4.90 Å². The summed E-state index contributed by atoms with van der Waals surface area (Å²) >= 11 is 0. The number of carbonyl (C=O) groups excluding carboxylic acids is 1. The van der Waals surface area contributed by atoms with Crippen molar-refractivity contribution in [1.82, 2.24) is 4.90 Å². The van der Waals surface area contributed by atoms with E-state index in [-0.39, 0.29) is 12.1 Å². The Morgan fingerprint density at radius 3 is 2.52 bits per heavy atom. The summed E-state index contributed by atoms with van der Waals surface area (Å²) in [7, 11) is 0. The maximum Gasteiger partial charge on any atom is 0.414 e. The van der Waals surface area contributed by atoms with E-state index in [4.69, 9.17) is 4.74 Å². The first kappa shape index (κ1) is 15.6. The summed E-state index contributed by atoms with van der Waals surface area (Å²) in [5, 5.41) is 2.26. The van der Waals surface area contributed by atoms with Crippen molar-refractivity contribution < 1.29 is 9.53 Å². The van der Waals surface area contributed by atoms with Gasteiger partial charge in [0.15, 0.2) is 0 Å². The molecule has 1 heterocycles. The fraction of sp³-hybridized carbons (Fsp3) is 0.500. The van der Waals surface area contributed by atoms with Crippen molar-refractivity contribution in [2.45, 2.75) is 58.6 Å². The normalized spacial score (nSPS) is 17.5. The molecule has 0 bridgehead atoms. The summed E-state index contributed by atoms with van der Waals surface area (Å²) in [4.78, 5) is 14.2. The number of ether oxygens (including phenoxy) is 1. The van der Waals surface area contributed by atoms with E-state index in [9.17, 15) is 4.79 Å². The van der Waals surface area contributed by atoms with Gasteiger partial charge in [0.25, 0.3) is 0 Å². The van der Waals surface area contributed by atoms with Crippen molar-refractivity contribution in [2.75, 3.05) is 0 Å². The summed E-state index contributed by atoms with van der Waals surface area (Å²) < 4.78 is 5.54. The van der Waals surface area contributed by atoms with Crippen LogP contribution in [0.15, 0.2) is 24.3 Å². The van der Waals surface area contributed by atoms with Gasteiger partial charge in [-0.1, -0.05) is 50.1 Å². The van der Waals surface area contributed by atoms with Crippen LogP contribution in [0.5, 0.6) is 0 Å². The van der Waals surface area contributed by atoms with E-state index in [1.165, 1.54) is 5.22 Å². The van der Waals surface area contributed by atoms with Crippen molar-refractivity contribution in [3.8, 4) is 0 Å². The van der Waals surface area contributed by atoms with Crippen LogP contribution in [0, 0.1) is 0 Å². The van der Waals surface area contributed by atoms with Crippen molar-refractivity contribution >= 4 is 18.4 Å². The number of nitrogens with zero attached hydrogens (tertiary/aromatic N) is 1. The highest BCUT2D eigenvalue weighted by Gasteiger charge is 2.26. The number of hydrogen-bond donors (Lipinski definition) is 0. The zero-order valence-corrected chi connectivity index (χ0v) is 13.4. The molecule has 0 radical (unpaired) electrons. The average molecular weight is 287 g/mol. The van der Waals surface area contributed by atoms with Crippen molar-refractivity contribution in [2.24, 2.45) is 0 Å². The van der Waals surface area contributed by atoms with Crippen molar-refractivity contribution in [3.05, 3.63) is 34.7 Å². The van der Waals surface area contributed by atoms with Crippen LogP contribution in [-0.2, 0) is 4.74 Å². The van der Waals surface area contributed by atoms with E-state index in [0.717, 1.165) is 24.5 Å². The molecule has 0 spiro atoms. The zero-order chi connectivity index (χ0) is 15.5. The Hall–Kier alpha value is -1.77. The Balaban J connectivity index is 2.32. The Labute approximate surface area is 126 Å². The highest BCUT2D eigenvalue weighted by molar-refractivity contribution is 5.75. The standard InChI is InChI=1S/C18H25NO2/c1-5-6-11-16-12-14-9-7-8-10-15(14)13-19(16)17(20)21-18(2,3)4/h7-10,12-13,16H,5-6,11H2,1-4H3. The molecule has 3 heteroatoms. The van der Waals surface area contributed by atoms with Crippen LogP contribution >= 0.6 is 0 Å². The molecule has 1 aliphatic rings. The van der Waals surface area contributed by atoms with Crippen LogP contribution in [0.1, 0.15) is 47.0 Å². The molecule has 1 aliphatic heterocycles. The highest BCUT2D eigenvalue weighted by Crippen LogP contribution is 2.17. The summed E-state index contributed by atoms with van der Waals surface area (Å²) in [6, 6.07) is 8.22. The summed E-state index contributed by atoms with van der Waals surface area (Å²) in [5.74, 6) is 0. The number of benzene rings is 1. The minimum atomic E-state index is -0.475. The molecule has 0 aromatic heterocycles. The molecule has 0 saturated heterocycles. The van der Waals surface area contributed by atoms with Crippen LogP contribution in [0.25, 0.3) is 12.3 Å². The number of fused-ring (bicyclic) bond motifs is 1. The fourth-order valence-corrected chi connectivity index (χ4v) is 2.45. The molecule has 1 amide bonds. The van der Waals surface area contributed by atoms with Crippen molar-refractivity contribution in [3.63, 3.8) is 0 Å². The van der Waals surface area contributed by atoms with Crippen LogP contribution in [-0.4, -0.2) is 22.6 Å². The minimum Gasteiger partial charge on any atom is -0.443 e. The average Bonchev–Trinajstić information content (AvgIpc) is 2.42. The molecule has 1 atom stereocenters. The molecular weight excluding hydrogens is 262 g/mol. The third-order valence-electron chi connectivity index (χ3n) is 3.46. The van der Waals surface area contributed by atoms with Crippen LogP contribution in [0.4, 0.5) is 4.79 Å². The van der Waals surface area contributed by atoms with E-state index in [1.807, 2.05) is 45.2 Å². The molecule has 2 rings (SSSR count). The lowest BCUT2D eigenvalue weighted by Crippen LogP contribution is -2.45. The fourth-order valence-electron chi connectivity index (χ4n) is 2.45. The van der Waals surface area contributed by atoms with E-state index >= 15 is 0 Å². The number of amides is 1. The van der Waals surface area contributed by atoms with Gasteiger partial charge in [-0.25, -0.2) is 4.79 Å². The zero-order valence-electron chi connectivity index (χ0n) is 13.4. The number of hydrogen-bond acceptors (Lipinski definition) is 2. The number of rotatable bonds is 3. The monoisotopic (exact) mass is 287 g/mol. The first-order valence-electron chi connectivity index (χ1n) is 7.71. The van der Waals surface area contributed by atoms with E-state index in [0.29, 0.717) is 0 Å². The van der Waals surface area contributed by atoms with E-state index in [1.54, 1.807) is 4.90 Å². The molecule has 114 valence electrons. The molecule has 1 aromatic rings. The van der Waals surface area contributed by atoms with E-state index in [2.05, 4.69) is 19.1 Å². The van der Waals surface area contributed by atoms with Crippen LogP contribution in [0.2, 0.25) is 0 Å². The first-order valence-corrected chi connectivity index (χ1v) is 7.71. The van der Waals surface area contributed by atoms with Gasteiger partial charge in [-0.05, 0) is 37.6 Å². The third-order valence-corrected chi connectivity index (χ3v) is 3.46. The Morgan fingerprint density at radius 1 is 1.24 bits per heavy atom. The Kier molecular flexibility index (Phi) is 4.71. The second-order valence-corrected chi connectivity index (χ2v) is 6.52. The lowest BCUT2D eigenvalue weighted by molar-refractivity contribution is 0.0329. The topological polar surface area (TPSA) is 29.5 Å². The lowest BCUT2D eigenvalue weighted by atomic mass is 10.0. The molecule has 1 unspecified atom stereocenters. The maximum absolute atomic E-state index is 12.4. The molecular formula is C18H25NO2. The van der Waals surface area contributed by atoms with Crippen LogP contribution < -0.4 is 10.4 Å². The van der Waals surface area contributed by atoms with E-state index < -0.39 is 5.60 Å². The number of unbranched alkanes of at least 4 members (excludes halogenated alkanes) is 1. The predicted octanol–water partition coefficient (Wildman–Crippen LogP) is 3.01. The predicted molar refractivity (Wildman–Crippen MR) is 86.0 cm³/mol. The SMILES string of the molecule is CCCCC1C=c2ccccc2=CN1C(=O)OC(C)(C)C. The quantitative estimate of drug-likeness (QED) is 0.855. The molecule has 0 fully saturated rings. The maximum atomic E-state index is 12.4. The molecule has 0 N–H and O–H groups in total. The smallest absolute Gasteiger partial charge is 0.414 e. The molecule has 0 aliphatic carbocycles. The van der Waals surface area contributed by atoms with Crippen LogP contribution in [0.3, 0.4) is 0 Å². The molecule has 1 aromatic carbocycles. The van der Waals surface area contributed by atoms with Gasteiger partial charge >= 0.3 is 6.09 Å². The third kappa shape index (κ3) is 4.10. The van der Waals surface area contributed by atoms with Gasteiger partial charge in [0.2, 0.25) is 0 Å². The van der Waals surface area contributed by atoms with Gasteiger partial charge < -0.3 is 4.74 Å². The summed E-state index contributed by atoms with van der Waals surface area (Å²) in [6.07, 6.45) is 7.00. The van der Waals surface area contributed by atoms with Gasteiger partial charge in [-0.15, -0.1) is 0 Å². The minimum absolute atomic E-state index is 0.0784. The molecule has 3 nitrogen and oxygen atoms in total. The Morgan fingerprint density at radius 2 is 1.90 bits per heavy atom. The first-order chi connectivity index (χ1) is 9.90. The largest absolute Gasteiger partial charge is 0.443 e. The van der Waals surface area contributed by atoms with Gasteiger partial charge in [0.1, 0.15) is 5.60 Å². The second kappa shape index (κ2) is 6.33. The molecule has 21 heavy (non-hydrogen) atoms. The number of carbonyl (C=O) groups is 1. The van der Waals surface area contributed by atoms with Gasteiger partial charge in [0, 0.05) is 6.20 Å². The van der Waals surface area contributed by atoms with Gasteiger partial charge in [-0.2, -0.15) is 0 Å². The summed E-state index contributed by atoms with van der Waals surface area (Å²) in [6.45, 7) is 7.85. The summed E-state index contributed by atoms with van der Waals surface area (Å²) in [5.41, 5.74) is -0.475. The molecule has 0 saturated carbocycles.